The third-order valence-corrected chi connectivity index (χ3v) is 4.92. The van der Waals surface area contributed by atoms with E-state index in [0.717, 1.165) is 43.7 Å². The molecule has 2 amide bonds. The molecule has 1 aliphatic rings. The van der Waals surface area contributed by atoms with Crippen LogP contribution in [0.4, 0.5) is 0 Å². The van der Waals surface area contributed by atoms with Crippen LogP contribution in [0.3, 0.4) is 0 Å². The highest BCUT2D eigenvalue weighted by molar-refractivity contribution is 5.88. The van der Waals surface area contributed by atoms with E-state index in [0.29, 0.717) is 6.42 Å². The van der Waals surface area contributed by atoms with Gasteiger partial charge in [-0.15, -0.1) is 0 Å². The molecule has 3 rings (SSSR count). The SMILES string of the molecule is O=C(CCOc1ccccc1)N[C@@H](Cc1ccccc1)C(=O)N1CCCCC1. The Morgan fingerprint density at radius 1 is 0.929 bits per heavy atom. The van der Waals surface area contributed by atoms with E-state index >= 15 is 0 Å². The lowest BCUT2D eigenvalue weighted by atomic mass is 10.0. The van der Waals surface area contributed by atoms with Gasteiger partial charge in [0.15, 0.2) is 0 Å². The minimum atomic E-state index is -0.537. The molecule has 2 aromatic carbocycles. The first-order valence-electron chi connectivity index (χ1n) is 10.0. The molecule has 1 fully saturated rings. The van der Waals surface area contributed by atoms with Crippen molar-refractivity contribution in [3.63, 3.8) is 0 Å². The number of likely N-dealkylation sites (tertiary alicyclic amines) is 1. The van der Waals surface area contributed by atoms with E-state index in [1.807, 2.05) is 65.6 Å². The van der Waals surface area contributed by atoms with Crippen LogP contribution >= 0.6 is 0 Å². The minimum Gasteiger partial charge on any atom is -0.493 e. The minimum absolute atomic E-state index is 0.0147. The van der Waals surface area contributed by atoms with E-state index in [2.05, 4.69) is 5.32 Å². The zero-order valence-corrected chi connectivity index (χ0v) is 16.2. The van der Waals surface area contributed by atoms with Gasteiger partial charge < -0.3 is 15.0 Å². The van der Waals surface area contributed by atoms with Gasteiger partial charge in [-0.25, -0.2) is 0 Å². The van der Waals surface area contributed by atoms with Crippen LogP contribution in [0.1, 0.15) is 31.2 Å². The maximum Gasteiger partial charge on any atom is 0.245 e. The summed E-state index contributed by atoms with van der Waals surface area (Å²) in [4.78, 5) is 27.4. The Kier molecular flexibility index (Phi) is 7.47. The topological polar surface area (TPSA) is 58.6 Å². The normalized spacial score (nSPS) is 14.9. The van der Waals surface area contributed by atoms with Gasteiger partial charge in [-0.05, 0) is 37.0 Å². The largest absolute Gasteiger partial charge is 0.493 e. The summed E-state index contributed by atoms with van der Waals surface area (Å²) in [5, 5.41) is 2.94. The first kappa shape index (κ1) is 19.9. The van der Waals surface area contributed by atoms with Crippen molar-refractivity contribution in [2.45, 2.75) is 38.1 Å². The van der Waals surface area contributed by atoms with Gasteiger partial charge in [0.1, 0.15) is 11.8 Å². The summed E-state index contributed by atoms with van der Waals surface area (Å²) in [6.07, 6.45) is 3.94. The number of hydrogen-bond donors (Lipinski definition) is 1. The standard InChI is InChI=1S/C23H28N2O3/c26-22(14-17-28-20-12-6-2-7-13-20)24-21(18-19-10-4-1-5-11-19)23(27)25-15-8-3-9-16-25/h1-2,4-7,10-13,21H,3,8-9,14-18H2,(H,24,26)/t21-/m0/s1. The van der Waals surface area contributed by atoms with E-state index in [1.165, 1.54) is 0 Å². The summed E-state index contributed by atoms with van der Waals surface area (Å²) in [6.45, 7) is 1.83. The molecule has 1 aliphatic heterocycles. The average molecular weight is 380 g/mol. The quantitative estimate of drug-likeness (QED) is 0.765. The number of para-hydroxylation sites is 1. The van der Waals surface area contributed by atoms with Gasteiger partial charge >= 0.3 is 0 Å². The van der Waals surface area contributed by atoms with E-state index in [1.54, 1.807) is 0 Å². The maximum absolute atomic E-state index is 13.0. The number of nitrogens with one attached hydrogen (secondary N) is 1. The molecule has 0 spiro atoms. The monoisotopic (exact) mass is 380 g/mol. The van der Waals surface area contributed by atoms with Crippen molar-refractivity contribution < 1.29 is 14.3 Å². The Labute approximate surface area is 166 Å². The molecule has 148 valence electrons. The van der Waals surface area contributed by atoms with E-state index in [4.69, 9.17) is 4.74 Å². The predicted molar refractivity (Wildman–Crippen MR) is 109 cm³/mol. The number of rotatable bonds is 8. The fourth-order valence-corrected chi connectivity index (χ4v) is 3.43. The second-order valence-electron chi connectivity index (χ2n) is 7.11. The molecule has 0 aliphatic carbocycles. The van der Waals surface area contributed by atoms with Crippen LogP contribution in [-0.4, -0.2) is 42.5 Å². The van der Waals surface area contributed by atoms with E-state index < -0.39 is 6.04 Å². The first-order chi connectivity index (χ1) is 13.7. The zero-order chi connectivity index (χ0) is 19.6. The van der Waals surface area contributed by atoms with Crippen LogP contribution in [0.25, 0.3) is 0 Å². The van der Waals surface area contributed by atoms with Gasteiger partial charge in [0.2, 0.25) is 11.8 Å². The number of nitrogens with zero attached hydrogens (tertiary/aromatic N) is 1. The van der Waals surface area contributed by atoms with Crippen molar-refractivity contribution in [1.29, 1.82) is 0 Å². The van der Waals surface area contributed by atoms with Crippen LogP contribution in [0.5, 0.6) is 5.75 Å². The Balaban J connectivity index is 1.57. The smallest absolute Gasteiger partial charge is 0.245 e. The summed E-state index contributed by atoms with van der Waals surface area (Å²) >= 11 is 0. The fourth-order valence-electron chi connectivity index (χ4n) is 3.43. The highest BCUT2D eigenvalue weighted by Gasteiger charge is 2.27. The summed E-state index contributed by atoms with van der Waals surface area (Å²) in [7, 11) is 0. The molecular formula is C23H28N2O3. The lowest BCUT2D eigenvalue weighted by molar-refractivity contribution is -0.137. The molecule has 1 N–H and O–H groups in total. The number of benzene rings is 2. The van der Waals surface area contributed by atoms with Crippen LogP contribution < -0.4 is 10.1 Å². The van der Waals surface area contributed by atoms with Crippen molar-refractivity contribution in [1.82, 2.24) is 10.2 Å². The molecule has 5 heteroatoms. The van der Waals surface area contributed by atoms with E-state index in [-0.39, 0.29) is 24.8 Å². The number of ether oxygens (including phenoxy) is 1. The number of carbonyl (C=O) groups is 2. The molecule has 28 heavy (non-hydrogen) atoms. The Bertz CT molecular complexity index is 743. The maximum atomic E-state index is 13.0. The lowest BCUT2D eigenvalue weighted by Crippen LogP contribution is -2.51. The van der Waals surface area contributed by atoms with Gasteiger partial charge in [-0.2, -0.15) is 0 Å². The molecule has 0 bridgehead atoms. The number of amides is 2. The Morgan fingerprint density at radius 3 is 2.25 bits per heavy atom. The molecule has 0 radical (unpaired) electrons. The van der Waals surface area contributed by atoms with Crippen molar-refractivity contribution in [2.75, 3.05) is 19.7 Å². The number of hydrogen-bond acceptors (Lipinski definition) is 3. The molecule has 1 heterocycles. The van der Waals surface area contributed by atoms with Crippen LogP contribution in [0.2, 0.25) is 0 Å². The van der Waals surface area contributed by atoms with Gasteiger partial charge in [-0.3, -0.25) is 9.59 Å². The molecular weight excluding hydrogens is 352 g/mol. The highest BCUT2D eigenvalue weighted by atomic mass is 16.5. The second-order valence-corrected chi connectivity index (χ2v) is 7.11. The lowest BCUT2D eigenvalue weighted by Gasteiger charge is -2.31. The van der Waals surface area contributed by atoms with Crippen molar-refractivity contribution >= 4 is 11.8 Å². The van der Waals surface area contributed by atoms with Crippen LogP contribution in [0, 0.1) is 0 Å². The van der Waals surface area contributed by atoms with Gasteiger partial charge in [0.05, 0.1) is 13.0 Å². The van der Waals surface area contributed by atoms with Gasteiger partial charge in [0, 0.05) is 19.5 Å². The zero-order valence-electron chi connectivity index (χ0n) is 16.2. The van der Waals surface area contributed by atoms with Crippen molar-refractivity contribution in [2.24, 2.45) is 0 Å². The first-order valence-corrected chi connectivity index (χ1v) is 10.0. The fraction of sp³-hybridized carbons (Fsp3) is 0.391. The Morgan fingerprint density at radius 2 is 1.57 bits per heavy atom. The summed E-state index contributed by atoms with van der Waals surface area (Å²) in [5.41, 5.74) is 1.04. The summed E-state index contributed by atoms with van der Waals surface area (Å²) in [5.74, 6) is 0.587. The molecule has 1 atom stereocenters. The summed E-state index contributed by atoms with van der Waals surface area (Å²) in [6, 6.07) is 18.7. The van der Waals surface area contributed by atoms with Crippen molar-refractivity contribution in [3.8, 4) is 5.75 Å². The second kappa shape index (κ2) is 10.5. The third-order valence-electron chi connectivity index (χ3n) is 4.92. The van der Waals surface area contributed by atoms with Crippen molar-refractivity contribution in [3.05, 3.63) is 66.2 Å². The molecule has 1 saturated heterocycles. The molecule has 0 aromatic heterocycles. The third kappa shape index (κ3) is 6.12. The van der Waals surface area contributed by atoms with E-state index in [9.17, 15) is 9.59 Å². The average Bonchev–Trinajstić information content (AvgIpc) is 2.75. The predicted octanol–water partition coefficient (Wildman–Crippen LogP) is 3.20. The van der Waals surface area contributed by atoms with Crippen LogP contribution in [0.15, 0.2) is 60.7 Å². The van der Waals surface area contributed by atoms with Crippen LogP contribution in [-0.2, 0) is 16.0 Å². The van der Waals surface area contributed by atoms with Gasteiger partial charge in [0.25, 0.3) is 0 Å². The Hall–Kier alpha value is -2.82. The molecule has 5 nitrogen and oxygen atoms in total. The molecule has 0 saturated carbocycles. The number of piperidine rings is 1. The number of carbonyl (C=O) groups excluding carboxylic acids is 2. The van der Waals surface area contributed by atoms with Gasteiger partial charge in [-0.1, -0.05) is 48.5 Å². The molecule has 2 aromatic rings. The summed E-state index contributed by atoms with van der Waals surface area (Å²) < 4.78 is 5.60. The molecule has 0 unspecified atom stereocenters. The highest BCUT2D eigenvalue weighted by Crippen LogP contribution is 2.13.